The number of nitrogens with one attached hydrogen (secondary N) is 1. The number of halogens is 1. The van der Waals surface area contributed by atoms with E-state index in [1.54, 1.807) is 0 Å². The third-order valence-corrected chi connectivity index (χ3v) is 2.49. The number of hydrogen-bond donors (Lipinski definition) is 1. The maximum Gasteiger partial charge on any atom is 0.555 e. The van der Waals surface area contributed by atoms with Crippen LogP contribution >= 0.6 is 12.4 Å². The summed E-state index contributed by atoms with van der Waals surface area (Å²) in [6, 6.07) is 0. The second-order valence-corrected chi connectivity index (χ2v) is 3.88. The van der Waals surface area contributed by atoms with E-state index >= 15 is 0 Å². The van der Waals surface area contributed by atoms with Crippen LogP contribution in [0, 0.1) is 0 Å². The Kier molecular flexibility index (Phi) is 3.61. The molecule has 1 rings (SSSR count). The fraction of sp³-hybridized carbons (Fsp3) is 1.00. The molecule has 0 amide bonds. The smallest absolute Gasteiger partial charge is 0.389 e. The molecular weight excluding hydrogens is 176 g/mol. The molecule has 1 N–H and O–H groups in total. The van der Waals surface area contributed by atoms with Crippen LogP contribution in [0.3, 0.4) is 0 Å². The van der Waals surface area contributed by atoms with E-state index < -0.39 is 0 Å². The molecule has 72 valence electrons. The van der Waals surface area contributed by atoms with Crippen LogP contribution in [0.1, 0.15) is 27.7 Å². The zero-order valence-electron chi connectivity index (χ0n) is 8.30. The van der Waals surface area contributed by atoms with Crippen molar-refractivity contribution in [2.75, 3.05) is 7.05 Å². The molecule has 1 saturated heterocycles. The molecule has 5 heteroatoms. The predicted octanol–water partition coefficient (Wildman–Crippen LogP) is 1.22. The highest BCUT2D eigenvalue weighted by Gasteiger charge is 2.50. The summed E-state index contributed by atoms with van der Waals surface area (Å²) in [5.74, 6) is 0. The molecule has 0 aromatic rings. The Balaban J connectivity index is 0.00000121. The van der Waals surface area contributed by atoms with Crippen LogP contribution in [-0.4, -0.2) is 25.5 Å². The fourth-order valence-electron chi connectivity index (χ4n) is 0.961. The summed E-state index contributed by atoms with van der Waals surface area (Å²) < 4.78 is 11.2. The summed E-state index contributed by atoms with van der Waals surface area (Å²) in [6.07, 6.45) is 0. The maximum atomic E-state index is 5.58. The van der Waals surface area contributed by atoms with E-state index in [1.807, 2.05) is 34.7 Å². The highest BCUT2D eigenvalue weighted by molar-refractivity contribution is 6.42. The highest BCUT2D eigenvalue weighted by atomic mass is 35.5. The van der Waals surface area contributed by atoms with Crippen LogP contribution in [0.5, 0.6) is 0 Å². The molecule has 1 fully saturated rings. The number of rotatable bonds is 1. The second kappa shape index (κ2) is 3.54. The normalized spacial score (nSPS) is 25.2. The zero-order chi connectivity index (χ0) is 8.70. The average molecular weight is 193 g/mol. The molecule has 12 heavy (non-hydrogen) atoms. The SMILES string of the molecule is CNB1OC(C)(C)C(C)(C)O1.Cl. The van der Waals surface area contributed by atoms with E-state index in [0.717, 1.165) is 0 Å². The van der Waals surface area contributed by atoms with Crippen molar-refractivity contribution in [2.45, 2.75) is 38.9 Å². The predicted molar refractivity (Wildman–Crippen MR) is 52.4 cm³/mol. The summed E-state index contributed by atoms with van der Waals surface area (Å²) in [5.41, 5.74) is -0.443. The van der Waals surface area contributed by atoms with Crippen molar-refractivity contribution in [3.63, 3.8) is 0 Å². The lowest BCUT2D eigenvalue weighted by molar-refractivity contribution is 0.00578. The van der Waals surface area contributed by atoms with Gasteiger partial charge in [-0.25, -0.2) is 0 Å². The van der Waals surface area contributed by atoms with E-state index in [9.17, 15) is 0 Å². The third kappa shape index (κ3) is 1.94. The summed E-state index contributed by atoms with van der Waals surface area (Å²) in [7, 11) is 1.56. The Labute approximate surface area is 80.8 Å². The molecule has 0 radical (unpaired) electrons. The summed E-state index contributed by atoms with van der Waals surface area (Å²) in [5, 5.41) is 2.93. The van der Waals surface area contributed by atoms with Crippen LogP contribution in [-0.2, 0) is 9.31 Å². The molecule has 1 heterocycles. The highest BCUT2D eigenvalue weighted by Crippen LogP contribution is 2.35. The van der Waals surface area contributed by atoms with Crippen molar-refractivity contribution in [1.29, 1.82) is 0 Å². The van der Waals surface area contributed by atoms with Crippen LogP contribution in [0.2, 0.25) is 0 Å². The molecular formula is C7H17BClNO2. The fourth-order valence-corrected chi connectivity index (χ4v) is 0.961. The van der Waals surface area contributed by atoms with Crippen LogP contribution in [0.15, 0.2) is 0 Å². The summed E-state index contributed by atoms with van der Waals surface area (Å²) in [6.45, 7) is 8.13. The molecule has 0 atom stereocenters. The van der Waals surface area contributed by atoms with E-state index in [0.29, 0.717) is 0 Å². The Bertz CT molecular complexity index is 147. The summed E-state index contributed by atoms with van der Waals surface area (Å²) >= 11 is 0. The van der Waals surface area contributed by atoms with E-state index in [-0.39, 0.29) is 30.9 Å². The average Bonchev–Trinajstić information content (AvgIpc) is 2.03. The Hall–Kier alpha value is 0.235. The van der Waals surface area contributed by atoms with Crippen molar-refractivity contribution in [2.24, 2.45) is 0 Å². The first-order chi connectivity index (χ1) is 4.89. The van der Waals surface area contributed by atoms with Crippen molar-refractivity contribution in [3.05, 3.63) is 0 Å². The quantitative estimate of drug-likeness (QED) is 0.635. The largest absolute Gasteiger partial charge is 0.555 e. The molecule has 0 saturated carbocycles. The standard InChI is InChI=1S/C7H16BNO2.ClH/c1-6(2)7(3,4)11-8(9-5)10-6;/h9H,1-5H3;1H. The first kappa shape index (κ1) is 12.2. The van der Waals surface area contributed by atoms with E-state index in [2.05, 4.69) is 5.23 Å². The van der Waals surface area contributed by atoms with Crippen molar-refractivity contribution in [3.8, 4) is 0 Å². The van der Waals surface area contributed by atoms with Gasteiger partial charge in [0.05, 0.1) is 11.2 Å². The molecule has 3 nitrogen and oxygen atoms in total. The van der Waals surface area contributed by atoms with Crippen LogP contribution in [0.4, 0.5) is 0 Å². The van der Waals surface area contributed by atoms with Crippen molar-refractivity contribution >= 4 is 19.7 Å². The monoisotopic (exact) mass is 193 g/mol. The van der Waals surface area contributed by atoms with Crippen molar-refractivity contribution < 1.29 is 9.31 Å². The van der Waals surface area contributed by atoms with E-state index in [4.69, 9.17) is 9.31 Å². The van der Waals surface area contributed by atoms with Crippen LogP contribution < -0.4 is 5.23 Å². The molecule has 0 aliphatic carbocycles. The van der Waals surface area contributed by atoms with Gasteiger partial charge in [-0.2, -0.15) is 0 Å². The van der Waals surface area contributed by atoms with Gasteiger partial charge in [-0.1, -0.05) is 0 Å². The van der Waals surface area contributed by atoms with Gasteiger partial charge in [-0.3, -0.25) is 0 Å². The van der Waals surface area contributed by atoms with Gasteiger partial charge in [0.2, 0.25) is 0 Å². The van der Waals surface area contributed by atoms with Gasteiger partial charge in [-0.15, -0.1) is 12.4 Å². The minimum Gasteiger partial charge on any atom is -0.389 e. The summed E-state index contributed by atoms with van der Waals surface area (Å²) in [4.78, 5) is 0. The first-order valence-electron chi connectivity index (χ1n) is 3.92. The molecule has 0 spiro atoms. The van der Waals surface area contributed by atoms with Gasteiger partial charge in [0, 0.05) is 0 Å². The minimum absolute atomic E-state index is 0. The van der Waals surface area contributed by atoms with Crippen molar-refractivity contribution in [1.82, 2.24) is 5.23 Å². The Morgan fingerprint density at radius 3 is 1.50 bits per heavy atom. The molecule has 1 aliphatic rings. The van der Waals surface area contributed by atoms with Gasteiger partial charge >= 0.3 is 7.25 Å². The molecule has 0 unspecified atom stereocenters. The molecule has 0 bridgehead atoms. The van der Waals surface area contributed by atoms with E-state index in [1.165, 1.54) is 0 Å². The second-order valence-electron chi connectivity index (χ2n) is 3.88. The topological polar surface area (TPSA) is 30.5 Å². The number of hydrogen-bond acceptors (Lipinski definition) is 3. The zero-order valence-corrected chi connectivity index (χ0v) is 9.12. The lowest BCUT2D eigenvalue weighted by Gasteiger charge is -2.32. The lowest BCUT2D eigenvalue weighted by Crippen LogP contribution is -2.41. The Morgan fingerprint density at radius 2 is 1.33 bits per heavy atom. The van der Waals surface area contributed by atoms with Gasteiger partial charge in [0.1, 0.15) is 0 Å². The maximum absolute atomic E-state index is 5.58. The van der Waals surface area contributed by atoms with Gasteiger partial charge in [-0.05, 0) is 34.7 Å². The minimum atomic E-state index is -0.264. The van der Waals surface area contributed by atoms with Gasteiger partial charge in [0.15, 0.2) is 0 Å². The lowest BCUT2D eigenvalue weighted by atomic mass is 9.90. The van der Waals surface area contributed by atoms with Crippen LogP contribution in [0.25, 0.3) is 0 Å². The molecule has 0 aromatic carbocycles. The van der Waals surface area contributed by atoms with Gasteiger partial charge in [0.25, 0.3) is 0 Å². The first-order valence-corrected chi connectivity index (χ1v) is 3.92. The molecule has 1 aliphatic heterocycles. The Morgan fingerprint density at radius 1 is 1.00 bits per heavy atom. The molecule has 0 aromatic heterocycles. The van der Waals surface area contributed by atoms with Gasteiger partial charge < -0.3 is 14.5 Å². The third-order valence-electron chi connectivity index (χ3n) is 2.49.